The first-order valence-corrected chi connectivity index (χ1v) is 11.0. The molecule has 0 saturated heterocycles. The predicted octanol–water partition coefficient (Wildman–Crippen LogP) is 4.58. The van der Waals surface area contributed by atoms with Crippen molar-refractivity contribution >= 4 is 6.20 Å². The molecule has 0 unspecified atom stereocenters. The number of H-pyrrole nitrogens is 1. The van der Waals surface area contributed by atoms with Crippen molar-refractivity contribution in [2.45, 2.75) is 18.9 Å². The Balaban J connectivity index is 1.75. The standard InChI is InChI=1S/C28H26N2O3/c1-2-22-21-30(27(32)29-26(22)31)19-12-20-33-28(23-13-6-3-7-14-23,24-15-8-4-9-16-24)25-17-10-5-11-18-25/h3-19,21H,2,20H2,1H3,(H,29,31,32)/b19-12-. The zero-order valence-electron chi connectivity index (χ0n) is 18.5. The maximum atomic E-state index is 12.2. The van der Waals surface area contributed by atoms with Gasteiger partial charge in [0.2, 0.25) is 0 Å². The van der Waals surface area contributed by atoms with Gasteiger partial charge in [0, 0.05) is 18.0 Å². The number of aromatic amines is 1. The van der Waals surface area contributed by atoms with Crippen LogP contribution in [0.1, 0.15) is 29.2 Å². The summed E-state index contributed by atoms with van der Waals surface area (Å²) >= 11 is 0. The van der Waals surface area contributed by atoms with Crippen LogP contribution in [-0.4, -0.2) is 16.2 Å². The van der Waals surface area contributed by atoms with E-state index in [1.54, 1.807) is 18.5 Å². The van der Waals surface area contributed by atoms with Crippen molar-refractivity contribution in [1.82, 2.24) is 9.55 Å². The normalized spacial score (nSPS) is 11.7. The molecule has 33 heavy (non-hydrogen) atoms. The summed E-state index contributed by atoms with van der Waals surface area (Å²) in [6.07, 6.45) is 5.52. The summed E-state index contributed by atoms with van der Waals surface area (Å²) in [5, 5.41) is 0. The highest BCUT2D eigenvalue weighted by atomic mass is 16.5. The van der Waals surface area contributed by atoms with Crippen LogP contribution in [0.25, 0.3) is 6.20 Å². The maximum absolute atomic E-state index is 12.2. The third-order valence-electron chi connectivity index (χ3n) is 5.63. The van der Waals surface area contributed by atoms with Crippen LogP contribution >= 0.6 is 0 Å². The van der Waals surface area contributed by atoms with Gasteiger partial charge in [-0.05, 0) is 29.2 Å². The first-order chi connectivity index (χ1) is 16.1. The van der Waals surface area contributed by atoms with Crippen molar-refractivity contribution in [2.75, 3.05) is 6.61 Å². The van der Waals surface area contributed by atoms with Crippen LogP contribution < -0.4 is 11.2 Å². The van der Waals surface area contributed by atoms with E-state index in [0.717, 1.165) is 16.7 Å². The third kappa shape index (κ3) is 4.64. The summed E-state index contributed by atoms with van der Waals surface area (Å²) in [5.41, 5.74) is 1.90. The Labute approximate surface area is 192 Å². The van der Waals surface area contributed by atoms with Crippen LogP contribution in [0.5, 0.6) is 0 Å². The van der Waals surface area contributed by atoms with E-state index in [9.17, 15) is 9.59 Å². The molecule has 5 nitrogen and oxygen atoms in total. The van der Waals surface area contributed by atoms with E-state index >= 15 is 0 Å². The maximum Gasteiger partial charge on any atom is 0.332 e. The van der Waals surface area contributed by atoms with Gasteiger partial charge in [0.15, 0.2) is 0 Å². The van der Waals surface area contributed by atoms with Gasteiger partial charge in [0.1, 0.15) is 5.60 Å². The molecule has 166 valence electrons. The van der Waals surface area contributed by atoms with E-state index in [1.165, 1.54) is 4.57 Å². The number of nitrogens with zero attached hydrogens (tertiary/aromatic N) is 1. The molecule has 0 radical (unpaired) electrons. The van der Waals surface area contributed by atoms with Crippen molar-refractivity contribution < 1.29 is 4.74 Å². The summed E-state index contributed by atoms with van der Waals surface area (Å²) in [5.74, 6) is 0. The number of hydrogen-bond acceptors (Lipinski definition) is 3. The molecule has 0 aliphatic heterocycles. The molecule has 1 aromatic heterocycles. The lowest BCUT2D eigenvalue weighted by molar-refractivity contribution is 0.0321. The van der Waals surface area contributed by atoms with Crippen LogP contribution in [0.4, 0.5) is 0 Å². The minimum Gasteiger partial charge on any atom is -0.357 e. The number of rotatable bonds is 8. The highest BCUT2D eigenvalue weighted by Crippen LogP contribution is 2.40. The van der Waals surface area contributed by atoms with Crippen molar-refractivity contribution in [3.05, 3.63) is 146 Å². The molecule has 1 N–H and O–H groups in total. The summed E-state index contributed by atoms with van der Waals surface area (Å²) in [6, 6.07) is 30.3. The smallest absolute Gasteiger partial charge is 0.332 e. The first-order valence-electron chi connectivity index (χ1n) is 11.0. The van der Waals surface area contributed by atoms with Gasteiger partial charge in [0.25, 0.3) is 5.56 Å². The molecule has 0 bridgehead atoms. The van der Waals surface area contributed by atoms with E-state index in [0.29, 0.717) is 12.0 Å². The van der Waals surface area contributed by atoms with E-state index in [1.807, 2.05) is 61.5 Å². The molecular formula is C28H26N2O3. The lowest BCUT2D eigenvalue weighted by Crippen LogP contribution is -2.33. The fraction of sp³-hybridized carbons (Fsp3) is 0.143. The first kappa shape index (κ1) is 22.2. The molecule has 0 aliphatic carbocycles. The second kappa shape index (κ2) is 10.1. The molecule has 0 saturated carbocycles. The van der Waals surface area contributed by atoms with Gasteiger partial charge < -0.3 is 4.74 Å². The average molecular weight is 439 g/mol. The molecule has 3 aromatic carbocycles. The van der Waals surface area contributed by atoms with Crippen molar-refractivity contribution in [3.8, 4) is 0 Å². The van der Waals surface area contributed by atoms with E-state index in [-0.39, 0.29) is 12.2 Å². The molecule has 0 atom stereocenters. The number of nitrogens with one attached hydrogen (secondary N) is 1. The SMILES string of the molecule is CCc1cn(/C=C\COC(c2ccccc2)(c2ccccc2)c2ccccc2)c(=O)[nH]c1=O. The summed E-state index contributed by atoms with van der Waals surface area (Å²) in [4.78, 5) is 26.4. The zero-order chi connectivity index (χ0) is 23.1. The summed E-state index contributed by atoms with van der Waals surface area (Å²) in [7, 11) is 0. The van der Waals surface area contributed by atoms with Gasteiger partial charge in [-0.3, -0.25) is 14.3 Å². The van der Waals surface area contributed by atoms with Crippen LogP contribution in [0.3, 0.4) is 0 Å². The van der Waals surface area contributed by atoms with Crippen molar-refractivity contribution in [3.63, 3.8) is 0 Å². The minimum atomic E-state index is -0.835. The minimum absolute atomic E-state index is 0.242. The highest BCUT2D eigenvalue weighted by molar-refractivity contribution is 5.47. The second-order valence-electron chi connectivity index (χ2n) is 7.65. The average Bonchev–Trinajstić information content (AvgIpc) is 2.87. The number of aromatic nitrogens is 2. The summed E-state index contributed by atoms with van der Waals surface area (Å²) < 4.78 is 8.03. The van der Waals surface area contributed by atoms with Gasteiger partial charge in [-0.15, -0.1) is 0 Å². The quantitative estimate of drug-likeness (QED) is 0.410. The monoisotopic (exact) mass is 438 g/mol. The Bertz CT molecular complexity index is 1230. The van der Waals surface area contributed by atoms with E-state index < -0.39 is 11.3 Å². The van der Waals surface area contributed by atoms with E-state index in [2.05, 4.69) is 41.4 Å². The zero-order valence-corrected chi connectivity index (χ0v) is 18.5. The molecule has 1 heterocycles. The Morgan fingerprint density at radius 2 is 1.30 bits per heavy atom. The Hall–Kier alpha value is -3.96. The van der Waals surface area contributed by atoms with E-state index in [4.69, 9.17) is 4.74 Å². The molecular weight excluding hydrogens is 412 g/mol. The van der Waals surface area contributed by atoms with Crippen molar-refractivity contribution in [2.24, 2.45) is 0 Å². The summed E-state index contributed by atoms with van der Waals surface area (Å²) in [6.45, 7) is 2.12. The Morgan fingerprint density at radius 3 is 1.76 bits per heavy atom. The molecule has 0 amide bonds. The molecule has 5 heteroatoms. The fourth-order valence-corrected chi connectivity index (χ4v) is 3.99. The largest absolute Gasteiger partial charge is 0.357 e. The number of aryl methyl sites for hydroxylation is 1. The van der Waals surface area contributed by atoms with Crippen LogP contribution in [0.15, 0.2) is 113 Å². The Morgan fingerprint density at radius 1 is 0.818 bits per heavy atom. The Kier molecular flexibility index (Phi) is 6.81. The third-order valence-corrected chi connectivity index (χ3v) is 5.63. The van der Waals surface area contributed by atoms with Crippen LogP contribution in [0, 0.1) is 0 Å². The molecule has 0 fully saturated rings. The van der Waals surface area contributed by atoms with Crippen molar-refractivity contribution in [1.29, 1.82) is 0 Å². The molecule has 4 rings (SSSR count). The highest BCUT2D eigenvalue weighted by Gasteiger charge is 2.37. The van der Waals surface area contributed by atoms with Gasteiger partial charge in [0.05, 0.1) is 6.61 Å². The van der Waals surface area contributed by atoms with Gasteiger partial charge in [-0.2, -0.15) is 0 Å². The molecule has 4 aromatic rings. The van der Waals surface area contributed by atoms with Gasteiger partial charge >= 0.3 is 5.69 Å². The topological polar surface area (TPSA) is 64.1 Å². The second-order valence-corrected chi connectivity index (χ2v) is 7.65. The van der Waals surface area contributed by atoms with Crippen LogP contribution in [-0.2, 0) is 16.8 Å². The number of hydrogen-bond donors (Lipinski definition) is 1. The molecule has 0 spiro atoms. The van der Waals surface area contributed by atoms with Crippen LogP contribution in [0.2, 0.25) is 0 Å². The van der Waals surface area contributed by atoms with Gasteiger partial charge in [-0.1, -0.05) is 97.9 Å². The molecule has 0 aliphatic rings. The lowest BCUT2D eigenvalue weighted by atomic mass is 9.80. The lowest BCUT2D eigenvalue weighted by Gasteiger charge is -2.35. The fourth-order valence-electron chi connectivity index (χ4n) is 3.99. The number of ether oxygens (including phenoxy) is 1. The number of benzene rings is 3. The van der Waals surface area contributed by atoms with Gasteiger partial charge in [-0.25, -0.2) is 4.79 Å². The predicted molar refractivity (Wildman–Crippen MR) is 131 cm³/mol.